The smallest absolute Gasteiger partial charge is 0.394 e. The summed E-state index contributed by atoms with van der Waals surface area (Å²) in [5, 5.41) is 8.87. The van der Waals surface area contributed by atoms with Crippen molar-refractivity contribution in [3.63, 3.8) is 0 Å². The van der Waals surface area contributed by atoms with Gasteiger partial charge in [-0.1, -0.05) is 11.6 Å². The van der Waals surface area contributed by atoms with Crippen molar-refractivity contribution in [2.45, 2.75) is 6.18 Å². The molecule has 2 heterocycles. The maximum Gasteiger partial charge on any atom is 0.394 e. The Morgan fingerprint density at radius 1 is 1.45 bits per heavy atom. The number of aromatic nitrogens is 1. The van der Waals surface area contributed by atoms with Gasteiger partial charge in [0.2, 0.25) is 0 Å². The van der Waals surface area contributed by atoms with Crippen LogP contribution in [0, 0.1) is 17.7 Å². The first-order valence-corrected chi connectivity index (χ1v) is 5.93. The average molecular weight is 313 g/mol. The summed E-state index contributed by atoms with van der Waals surface area (Å²) in [6.45, 7) is -1.10. The molecule has 0 saturated carbocycles. The van der Waals surface area contributed by atoms with E-state index in [-0.39, 0.29) is 10.8 Å². The summed E-state index contributed by atoms with van der Waals surface area (Å²) >= 11 is 5.51. The lowest BCUT2D eigenvalue weighted by molar-refractivity contribution is -0.187. The van der Waals surface area contributed by atoms with Gasteiger partial charge in [-0.2, -0.15) is 13.2 Å². The number of carbonyl (C=O) groups is 1. The molecule has 1 fully saturated rings. The summed E-state index contributed by atoms with van der Waals surface area (Å²) in [6, 6.07) is 0.917. The normalized spacial score (nSPS) is 23.1. The molecule has 2 atom stereocenters. The van der Waals surface area contributed by atoms with E-state index < -0.39 is 42.9 Å². The predicted molar refractivity (Wildman–Crippen MR) is 62.1 cm³/mol. The third-order valence-electron chi connectivity index (χ3n) is 3.15. The summed E-state index contributed by atoms with van der Waals surface area (Å²) in [4.78, 5) is 15.5. The fraction of sp³-hybridized carbons (Fsp3) is 0.455. The maximum absolute atomic E-state index is 13.6. The number of hydrogen-bond acceptors (Lipinski definition) is 3. The number of rotatable bonds is 2. The Balaban J connectivity index is 2.30. The van der Waals surface area contributed by atoms with Crippen molar-refractivity contribution in [3.8, 4) is 0 Å². The Kier molecular flexibility index (Phi) is 3.77. The van der Waals surface area contributed by atoms with E-state index in [0.717, 1.165) is 17.2 Å². The van der Waals surface area contributed by atoms with Crippen molar-refractivity contribution >= 4 is 23.4 Å². The number of aliphatic carboxylic acids is 1. The molecule has 1 saturated heterocycles. The monoisotopic (exact) mass is 312 g/mol. The molecule has 2 rings (SSSR count). The van der Waals surface area contributed by atoms with Crippen LogP contribution in [0.4, 0.5) is 23.4 Å². The van der Waals surface area contributed by atoms with Gasteiger partial charge in [0.15, 0.2) is 11.6 Å². The summed E-state index contributed by atoms with van der Waals surface area (Å²) < 4.78 is 52.0. The SMILES string of the molecule is O=C(O)[C@@H]1CN(c2ncc(Cl)cc2F)C[C@H]1C(F)(F)F. The van der Waals surface area contributed by atoms with Crippen LogP contribution < -0.4 is 4.90 Å². The minimum atomic E-state index is -4.67. The molecule has 110 valence electrons. The highest BCUT2D eigenvalue weighted by atomic mass is 35.5. The van der Waals surface area contributed by atoms with Crippen molar-refractivity contribution in [1.29, 1.82) is 0 Å². The van der Waals surface area contributed by atoms with E-state index >= 15 is 0 Å². The number of halogens is 5. The number of alkyl halides is 3. The van der Waals surface area contributed by atoms with Crippen LogP contribution in [0.3, 0.4) is 0 Å². The zero-order chi connectivity index (χ0) is 15.1. The third kappa shape index (κ3) is 2.79. The Labute approximate surface area is 116 Å². The highest BCUT2D eigenvalue weighted by Crippen LogP contribution is 2.39. The summed E-state index contributed by atoms with van der Waals surface area (Å²) in [5.74, 6) is -6.48. The largest absolute Gasteiger partial charge is 0.481 e. The van der Waals surface area contributed by atoms with Crippen LogP contribution in [0.25, 0.3) is 0 Å². The van der Waals surface area contributed by atoms with Gasteiger partial charge in [-0.05, 0) is 6.07 Å². The zero-order valence-electron chi connectivity index (χ0n) is 9.86. The first-order chi connectivity index (χ1) is 9.20. The van der Waals surface area contributed by atoms with Crippen molar-refractivity contribution in [1.82, 2.24) is 4.98 Å². The van der Waals surface area contributed by atoms with Crippen LogP contribution >= 0.6 is 11.6 Å². The number of carboxylic acids is 1. The lowest BCUT2D eigenvalue weighted by atomic mass is 9.96. The summed E-state index contributed by atoms with van der Waals surface area (Å²) in [5.41, 5.74) is 0. The third-order valence-corrected chi connectivity index (χ3v) is 3.35. The second kappa shape index (κ2) is 5.08. The number of pyridine rings is 1. The summed E-state index contributed by atoms with van der Waals surface area (Å²) in [7, 11) is 0. The highest BCUT2D eigenvalue weighted by molar-refractivity contribution is 6.30. The van der Waals surface area contributed by atoms with Crippen LogP contribution in [0.2, 0.25) is 5.02 Å². The van der Waals surface area contributed by atoms with E-state index in [4.69, 9.17) is 16.7 Å². The highest BCUT2D eigenvalue weighted by Gasteiger charge is 2.53. The Bertz CT molecular complexity index is 538. The molecule has 0 bridgehead atoms. The van der Waals surface area contributed by atoms with Crippen molar-refractivity contribution in [3.05, 3.63) is 23.1 Å². The molecule has 0 spiro atoms. The van der Waals surface area contributed by atoms with E-state index in [1.165, 1.54) is 0 Å². The molecule has 1 N–H and O–H groups in total. The van der Waals surface area contributed by atoms with Gasteiger partial charge in [-0.15, -0.1) is 0 Å². The van der Waals surface area contributed by atoms with Gasteiger partial charge in [0.25, 0.3) is 0 Å². The topological polar surface area (TPSA) is 53.4 Å². The first kappa shape index (κ1) is 14.8. The predicted octanol–water partition coefficient (Wildman–Crippen LogP) is 2.57. The van der Waals surface area contributed by atoms with E-state index in [1.54, 1.807) is 0 Å². The molecule has 1 aliphatic heterocycles. The average Bonchev–Trinajstić information content (AvgIpc) is 2.73. The zero-order valence-corrected chi connectivity index (χ0v) is 10.6. The number of nitrogens with zero attached hydrogens (tertiary/aromatic N) is 2. The molecule has 9 heteroatoms. The first-order valence-electron chi connectivity index (χ1n) is 5.55. The van der Waals surface area contributed by atoms with Gasteiger partial charge in [0.05, 0.1) is 16.9 Å². The molecule has 0 unspecified atom stereocenters. The van der Waals surface area contributed by atoms with Crippen LogP contribution in [-0.4, -0.2) is 35.3 Å². The second-order valence-corrected chi connectivity index (χ2v) is 4.89. The number of anilines is 1. The van der Waals surface area contributed by atoms with Gasteiger partial charge in [0.1, 0.15) is 0 Å². The van der Waals surface area contributed by atoms with Gasteiger partial charge in [-0.25, -0.2) is 9.37 Å². The van der Waals surface area contributed by atoms with Gasteiger partial charge in [0, 0.05) is 19.3 Å². The molecular formula is C11H9ClF4N2O2. The van der Waals surface area contributed by atoms with E-state index in [9.17, 15) is 22.4 Å². The van der Waals surface area contributed by atoms with Crippen LogP contribution in [-0.2, 0) is 4.79 Å². The van der Waals surface area contributed by atoms with Crippen LogP contribution in [0.1, 0.15) is 0 Å². The van der Waals surface area contributed by atoms with Crippen molar-refractivity contribution in [2.24, 2.45) is 11.8 Å². The molecule has 1 aliphatic rings. The van der Waals surface area contributed by atoms with Gasteiger partial charge >= 0.3 is 12.1 Å². The van der Waals surface area contributed by atoms with Gasteiger partial charge < -0.3 is 10.0 Å². The lowest BCUT2D eigenvalue weighted by Gasteiger charge is -2.19. The Morgan fingerprint density at radius 3 is 2.55 bits per heavy atom. The van der Waals surface area contributed by atoms with E-state index in [1.807, 2.05) is 0 Å². The quantitative estimate of drug-likeness (QED) is 0.853. The molecule has 4 nitrogen and oxygen atoms in total. The minimum absolute atomic E-state index is 0.00704. The Hall–Kier alpha value is -1.57. The Morgan fingerprint density at radius 2 is 2.10 bits per heavy atom. The fourth-order valence-corrected chi connectivity index (χ4v) is 2.34. The second-order valence-electron chi connectivity index (χ2n) is 4.46. The molecular weight excluding hydrogens is 304 g/mol. The van der Waals surface area contributed by atoms with Crippen LogP contribution in [0.5, 0.6) is 0 Å². The number of hydrogen-bond donors (Lipinski definition) is 1. The van der Waals surface area contributed by atoms with E-state index in [0.29, 0.717) is 0 Å². The van der Waals surface area contributed by atoms with Crippen LogP contribution in [0.15, 0.2) is 12.3 Å². The van der Waals surface area contributed by atoms with E-state index in [2.05, 4.69) is 4.98 Å². The minimum Gasteiger partial charge on any atom is -0.481 e. The number of carboxylic acid groups (broad SMARTS) is 1. The van der Waals surface area contributed by atoms with Gasteiger partial charge in [-0.3, -0.25) is 4.79 Å². The molecule has 1 aromatic rings. The van der Waals surface area contributed by atoms with Crippen molar-refractivity contribution < 1.29 is 27.5 Å². The molecule has 0 aromatic carbocycles. The molecule has 0 aliphatic carbocycles. The van der Waals surface area contributed by atoms with Crippen molar-refractivity contribution in [2.75, 3.05) is 18.0 Å². The summed E-state index contributed by atoms with van der Waals surface area (Å²) in [6.07, 6.45) is -3.57. The lowest BCUT2D eigenvalue weighted by Crippen LogP contribution is -2.33. The maximum atomic E-state index is 13.6. The standard InChI is InChI=1S/C11H9ClF4N2O2/c12-5-1-8(13)9(17-2-5)18-3-6(10(19)20)7(4-18)11(14,15)16/h1-2,6-7H,3-4H2,(H,19,20)/t6-,7-/m1/s1. The molecule has 1 aromatic heterocycles. The molecule has 20 heavy (non-hydrogen) atoms. The fourth-order valence-electron chi connectivity index (χ4n) is 2.20. The molecule has 0 radical (unpaired) electrons. The molecule has 0 amide bonds.